The van der Waals surface area contributed by atoms with Gasteiger partial charge in [-0.05, 0) is 32.6 Å². The topological polar surface area (TPSA) is 18.5 Å². The molecule has 1 aliphatic heterocycles. The van der Waals surface area contributed by atoms with Gasteiger partial charge < -0.3 is 10.2 Å². The normalized spacial score (nSPS) is 19.9. The lowest BCUT2D eigenvalue weighted by Gasteiger charge is -2.29. The van der Waals surface area contributed by atoms with E-state index in [9.17, 15) is 0 Å². The summed E-state index contributed by atoms with van der Waals surface area (Å²) in [5.41, 5.74) is 1.42. The van der Waals surface area contributed by atoms with E-state index in [0.29, 0.717) is 6.04 Å². The molecule has 100 valence electrons. The highest BCUT2D eigenvalue weighted by Crippen LogP contribution is 2.13. The van der Waals surface area contributed by atoms with Gasteiger partial charge in [-0.3, -0.25) is 4.90 Å². The molecule has 1 aromatic rings. The highest BCUT2D eigenvalue weighted by Gasteiger charge is 2.22. The molecule has 1 aromatic carbocycles. The lowest BCUT2D eigenvalue weighted by atomic mass is 10.1. The van der Waals surface area contributed by atoms with Gasteiger partial charge in [0.2, 0.25) is 0 Å². The maximum absolute atomic E-state index is 3.47. The zero-order valence-corrected chi connectivity index (χ0v) is 11.6. The van der Waals surface area contributed by atoms with Crippen LogP contribution in [0, 0.1) is 0 Å². The van der Waals surface area contributed by atoms with Gasteiger partial charge in [-0.25, -0.2) is 0 Å². The quantitative estimate of drug-likeness (QED) is 0.820. The second-order valence-electron chi connectivity index (χ2n) is 5.41. The fourth-order valence-corrected chi connectivity index (χ4v) is 2.49. The van der Waals surface area contributed by atoms with Gasteiger partial charge in [0.05, 0.1) is 0 Å². The summed E-state index contributed by atoms with van der Waals surface area (Å²) < 4.78 is 0. The van der Waals surface area contributed by atoms with Crippen LogP contribution in [0.2, 0.25) is 0 Å². The van der Waals surface area contributed by atoms with Crippen molar-refractivity contribution in [2.45, 2.75) is 19.0 Å². The van der Waals surface area contributed by atoms with Gasteiger partial charge in [0.1, 0.15) is 0 Å². The molecule has 1 unspecified atom stereocenters. The minimum Gasteiger partial charge on any atom is -0.315 e. The van der Waals surface area contributed by atoms with E-state index in [-0.39, 0.29) is 0 Å². The molecule has 1 heterocycles. The van der Waals surface area contributed by atoms with Crippen LogP contribution in [0.15, 0.2) is 30.3 Å². The Hall–Kier alpha value is -0.900. The van der Waals surface area contributed by atoms with Gasteiger partial charge in [-0.1, -0.05) is 30.3 Å². The molecule has 0 spiro atoms. The van der Waals surface area contributed by atoms with E-state index in [4.69, 9.17) is 0 Å². The third kappa shape index (κ3) is 4.09. The zero-order chi connectivity index (χ0) is 12.8. The second-order valence-corrected chi connectivity index (χ2v) is 5.41. The van der Waals surface area contributed by atoms with E-state index in [1.165, 1.54) is 12.0 Å². The van der Waals surface area contributed by atoms with E-state index in [1.54, 1.807) is 0 Å². The second kappa shape index (κ2) is 6.88. The molecular formula is C15H25N3. The third-order valence-electron chi connectivity index (χ3n) is 3.61. The van der Waals surface area contributed by atoms with Crippen LogP contribution in [0.25, 0.3) is 0 Å². The first-order valence-corrected chi connectivity index (χ1v) is 6.89. The highest BCUT2D eigenvalue weighted by molar-refractivity contribution is 5.14. The Morgan fingerprint density at radius 1 is 1.17 bits per heavy atom. The average Bonchev–Trinajstić information content (AvgIpc) is 2.89. The van der Waals surface area contributed by atoms with Crippen molar-refractivity contribution in [3.05, 3.63) is 35.9 Å². The van der Waals surface area contributed by atoms with Gasteiger partial charge >= 0.3 is 0 Å². The van der Waals surface area contributed by atoms with Crippen LogP contribution in [0.5, 0.6) is 0 Å². The van der Waals surface area contributed by atoms with Crippen LogP contribution < -0.4 is 5.32 Å². The molecule has 0 saturated carbocycles. The van der Waals surface area contributed by atoms with Crippen LogP contribution >= 0.6 is 0 Å². The summed E-state index contributed by atoms with van der Waals surface area (Å²) in [6, 6.07) is 11.5. The first kappa shape index (κ1) is 13.5. The number of hydrogen-bond donors (Lipinski definition) is 1. The Morgan fingerprint density at radius 3 is 2.56 bits per heavy atom. The largest absolute Gasteiger partial charge is 0.315 e. The number of rotatable bonds is 6. The van der Waals surface area contributed by atoms with Crippen LogP contribution in [0.3, 0.4) is 0 Å². The lowest BCUT2D eigenvalue weighted by Crippen LogP contribution is -2.40. The molecular weight excluding hydrogens is 222 g/mol. The van der Waals surface area contributed by atoms with Gasteiger partial charge in [-0.15, -0.1) is 0 Å². The summed E-state index contributed by atoms with van der Waals surface area (Å²) in [7, 11) is 4.29. The molecule has 1 fully saturated rings. The first-order chi connectivity index (χ1) is 8.75. The maximum Gasteiger partial charge on any atom is 0.0237 e. The molecule has 1 saturated heterocycles. The van der Waals surface area contributed by atoms with E-state index in [1.807, 2.05) is 0 Å². The minimum absolute atomic E-state index is 0.699. The molecule has 0 amide bonds. The summed E-state index contributed by atoms with van der Waals surface area (Å²) in [5, 5.41) is 3.47. The van der Waals surface area contributed by atoms with Crippen LogP contribution in [-0.2, 0) is 6.54 Å². The summed E-state index contributed by atoms with van der Waals surface area (Å²) in [6.45, 7) is 5.65. The molecule has 1 aliphatic rings. The van der Waals surface area contributed by atoms with Crippen LogP contribution in [-0.4, -0.2) is 56.1 Å². The Labute approximate surface area is 111 Å². The standard InChI is InChI=1S/C15H25N3/c1-17(2)10-11-18(15-8-9-16-12-15)13-14-6-4-3-5-7-14/h3-7,15-16H,8-13H2,1-2H3. The van der Waals surface area contributed by atoms with Crippen molar-refractivity contribution in [3.8, 4) is 0 Å². The monoisotopic (exact) mass is 247 g/mol. The number of hydrogen-bond acceptors (Lipinski definition) is 3. The number of benzene rings is 1. The van der Waals surface area contributed by atoms with Crippen molar-refractivity contribution in [2.24, 2.45) is 0 Å². The molecule has 0 bridgehead atoms. The fourth-order valence-electron chi connectivity index (χ4n) is 2.49. The Bertz CT molecular complexity index is 331. The van der Waals surface area contributed by atoms with Crippen LogP contribution in [0.4, 0.5) is 0 Å². The van der Waals surface area contributed by atoms with E-state index >= 15 is 0 Å². The van der Waals surface area contributed by atoms with Crippen molar-refractivity contribution < 1.29 is 0 Å². The Balaban J connectivity index is 1.95. The van der Waals surface area contributed by atoms with Crippen molar-refractivity contribution in [1.82, 2.24) is 15.1 Å². The molecule has 0 aromatic heterocycles. The van der Waals surface area contributed by atoms with Crippen LogP contribution in [0.1, 0.15) is 12.0 Å². The third-order valence-corrected chi connectivity index (χ3v) is 3.61. The van der Waals surface area contributed by atoms with Crippen molar-refractivity contribution in [2.75, 3.05) is 40.3 Å². The zero-order valence-electron chi connectivity index (χ0n) is 11.6. The molecule has 3 heteroatoms. The van der Waals surface area contributed by atoms with Gasteiger partial charge in [-0.2, -0.15) is 0 Å². The number of nitrogens with one attached hydrogen (secondary N) is 1. The average molecular weight is 247 g/mol. The molecule has 1 atom stereocenters. The summed E-state index contributed by atoms with van der Waals surface area (Å²) in [5.74, 6) is 0. The van der Waals surface area contributed by atoms with E-state index in [0.717, 1.165) is 32.7 Å². The highest BCUT2D eigenvalue weighted by atomic mass is 15.2. The summed E-state index contributed by atoms with van der Waals surface area (Å²) in [4.78, 5) is 4.88. The SMILES string of the molecule is CN(C)CCN(Cc1ccccc1)C1CCNC1. The number of likely N-dealkylation sites (N-methyl/N-ethyl adjacent to an activating group) is 1. The smallest absolute Gasteiger partial charge is 0.0237 e. The first-order valence-electron chi connectivity index (χ1n) is 6.89. The maximum atomic E-state index is 3.47. The van der Waals surface area contributed by atoms with Crippen molar-refractivity contribution in [3.63, 3.8) is 0 Å². The summed E-state index contributed by atoms with van der Waals surface area (Å²) >= 11 is 0. The van der Waals surface area contributed by atoms with Gasteiger partial charge in [0.25, 0.3) is 0 Å². The van der Waals surface area contributed by atoms with Crippen molar-refractivity contribution in [1.29, 1.82) is 0 Å². The Morgan fingerprint density at radius 2 is 1.94 bits per heavy atom. The van der Waals surface area contributed by atoms with Crippen molar-refractivity contribution >= 4 is 0 Å². The molecule has 0 aliphatic carbocycles. The molecule has 0 radical (unpaired) electrons. The van der Waals surface area contributed by atoms with Gasteiger partial charge in [0.15, 0.2) is 0 Å². The molecule has 18 heavy (non-hydrogen) atoms. The predicted octanol–water partition coefficient (Wildman–Crippen LogP) is 1.41. The number of nitrogens with zero attached hydrogens (tertiary/aromatic N) is 2. The molecule has 3 nitrogen and oxygen atoms in total. The summed E-state index contributed by atoms with van der Waals surface area (Å²) in [6.07, 6.45) is 1.28. The van der Waals surface area contributed by atoms with Gasteiger partial charge in [0, 0.05) is 32.2 Å². The Kier molecular flexibility index (Phi) is 5.17. The van der Waals surface area contributed by atoms with E-state index < -0.39 is 0 Å². The minimum atomic E-state index is 0.699. The predicted molar refractivity (Wildman–Crippen MR) is 76.7 cm³/mol. The van der Waals surface area contributed by atoms with E-state index in [2.05, 4.69) is 59.5 Å². The fraction of sp³-hybridized carbons (Fsp3) is 0.600. The molecule has 1 N–H and O–H groups in total. The molecule has 2 rings (SSSR count). The lowest BCUT2D eigenvalue weighted by molar-refractivity contribution is 0.180.